The van der Waals surface area contributed by atoms with E-state index in [9.17, 15) is 0 Å². The highest BCUT2D eigenvalue weighted by Crippen LogP contribution is 2.25. The molecule has 1 N–H and O–H groups in total. The third-order valence-electron chi connectivity index (χ3n) is 4.24. The fourth-order valence-corrected chi connectivity index (χ4v) is 3.49. The molecule has 3 nitrogen and oxygen atoms in total. The zero-order chi connectivity index (χ0) is 15.2. The van der Waals surface area contributed by atoms with E-state index in [1.54, 1.807) is 0 Å². The van der Waals surface area contributed by atoms with Gasteiger partial charge in [-0.25, -0.2) is 0 Å². The molecule has 1 aromatic carbocycles. The van der Waals surface area contributed by atoms with E-state index in [0.29, 0.717) is 0 Å². The lowest BCUT2D eigenvalue weighted by molar-refractivity contribution is 0.396. The van der Waals surface area contributed by atoms with Gasteiger partial charge in [-0.05, 0) is 56.6 Å². The van der Waals surface area contributed by atoms with Crippen LogP contribution < -0.4 is 10.2 Å². The molecular formula is C17H28BrN3. The van der Waals surface area contributed by atoms with E-state index >= 15 is 0 Å². The molecule has 1 atom stereocenters. The molecular weight excluding hydrogens is 326 g/mol. The molecule has 1 fully saturated rings. The van der Waals surface area contributed by atoms with Crippen molar-refractivity contribution in [1.29, 1.82) is 0 Å². The van der Waals surface area contributed by atoms with Crippen LogP contribution in [0.2, 0.25) is 0 Å². The summed E-state index contributed by atoms with van der Waals surface area (Å²) in [6, 6.07) is 6.73. The Hall–Kier alpha value is -0.580. The Morgan fingerprint density at radius 2 is 2.24 bits per heavy atom. The summed E-state index contributed by atoms with van der Waals surface area (Å²) < 4.78 is 1.21. The molecule has 0 spiro atoms. The van der Waals surface area contributed by atoms with Crippen molar-refractivity contribution in [3.8, 4) is 0 Å². The molecule has 1 aliphatic heterocycles. The maximum atomic E-state index is 3.71. The van der Waals surface area contributed by atoms with Crippen molar-refractivity contribution in [3.05, 3.63) is 28.2 Å². The first kappa shape index (κ1) is 16.8. The molecule has 1 aliphatic rings. The van der Waals surface area contributed by atoms with E-state index < -0.39 is 0 Å². The van der Waals surface area contributed by atoms with Crippen LogP contribution >= 0.6 is 15.9 Å². The topological polar surface area (TPSA) is 18.5 Å². The second-order valence-electron chi connectivity index (χ2n) is 6.25. The third-order valence-corrected chi connectivity index (χ3v) is 4.98. The lowest BCUT2D eigenvalue weighted by Crippen LogP contribution is -2.27. The number of nitrogens with one attached hydrogen (secondary N) is 1. The number of benzene rings is 1. The van der Waals surface area contributed by atoms with Crippen molar-refractivity contribution in [1.82, 2.24) is 10.2 Å². The number of halogens is 1. The molecule has 2 rings (SSSR count). The third kappa shape index (κ3) is 4.97. The Labute approximate surface area is 137 Å². The first-order valence-corrected chi connectivity index (χ1v) is 8.78. The lowest BCUT2D eigenvalue weighted by atomic mass is 10.1. The summed E-state index contributed by atoms with van der Waals surface area (Å²) in [5, 5.41) is 3.46. The van der Waals surface area contributed by atoms with Gasteiger partial charge in [0.1, 0.15) is 0 Å². The van der Waals surface area contributed by atoms with Crippen molar-refractivity contribution in [2.45, 2.75) is 26.3 Å². The summed E-state index contributed by atoms with van der Waals surface area (Å²) in [6.07, 6.45) is 2.50. The Balaban J connectivity index is 1.92. The van der Waals surface area contributed by atoms with Gasteiger partial charge in [-0.3, -0.25) is 0 Å². The van der Waals surface area contributed by atoms with Crippen LogP contribution in [-0.2, 0) is 6.54 Å². The Kier molecular flexibility index (Phi) is 6.52. The normalized spacial score (nSPS) is 19.1. The predicted molar refractivity (Wildman–Crippen MR) is 95.0 cm³/mol. The Bertz CT molecular complexity index is 450. The van der Waals surface area contributed by atoms with Crippen LogP contribution in [0.15, 0.2) is 22.7 Å². The molecule has 4 heteroatoms. The zero-order valence-corrected chi connectivity index (χ0v) is 15.1. The van der Waals surface area contributed by atoms with Crippen LogP contribution in [0.5, 0.6) is 0 Å². The summed E-state index contributed by atoms with van der Waals surface area (Å²) >= 11 is 3.71. The van der Waals surface area contributed by atoms with E-state index in [2.05, 4.69) is 70.3 Å². The monoisotopic (exact) mass is 353 g/mol. The minimum Gasteiger partial charge on any atom is -0.374 e. The maximum Gasteiger partial charge on any atom is 0.0375 e. The van der Waals surface area contributed by atoms with E-state index in [0.717, 1.165) is 25.6 Å². The van der Waals surface area contributed by atoms with Gasteiger partial charge in [-0.15, -0.1) is 0 Å². The standard InChI is InChI=1S/C17H28BrN3/c1-4-8-19-11-15-5-6-16(10-17(15)18)21(3)13-14-7-9-20(2)12-14/h5-6,10,14,19H,4,7-9,11-13H2,1-3H3. The van der Waals surface area contributed by atoms with Gasteiger partial charge in [-0.2, -0.15) is 0 Å². The quantitative estimate of drug-likeness (QED) is 0.758. The van der Waals surface area contributed by atoms with Crippen LogP contribution in [0.1, 0.15) is 25.3 Å². The highest BCUT2D eigenvalue weighted by atomic mass is 79.9. The number of hydrogen-bond acceptors (Lipinski definition) is 3. The first-order chi connectivity index (χ1) is 10.1. The van der Waals surface area contributed by atoms with Crippen molar-refractivity contribution >= 4 is 21.6 Å². The van der Waals surface area contributed by atoms with Crippen LogP contribution in [0.25, 0.3) is 0 Å². The van der Waals surface area contributed by atoms with Gasteiger partial charge in [0.05, 0.1) is 0 Å². The van der Waals surface area contributed by atoms with E-state index in [-0.39, 0.29) is 0 Å². The Morgan fingerprint density at radius 1 is 1.43 bits per heavy atom. The number of rotatable bonds is 7. The van der Waals surface area contributed by atoms with Crippen LogP contribution in [0.4, 0.5) is 5.69 Å². The van der Waals surface area contributed by atoms with Gasteiger partial charge < -0.3 is 15.1 Å². The van der Waals surface area contributed by atoms with Crippen molar-refractivity contribution < 1.29 is 0 Å². The predicted octanol–water partition coefficient (Wildman–Crippen LogP) is 3.34. The highest BCUT2D eigenvalue weighted by molar-refractivity contribution is 9.10. The fraction of sp³-hybridized carbons (Fsp3) is 0.647. The smallest absolute Gasteiger partial charge is 0.0375 e. The van der Waals surface area contributed by atoms with Crippen LogP contribution in [0, 0.1) is 5.92 Å². The minimum absolute atomic E-state index is 0.796. The van der Waals surface area contributed by atoms with Gasteiger partial charge in [0.25, 0.3) is 0 Å². The van der Waals surface area contributed by atoms with Crippen molar-refractivity contribution in [2.75, 3.05) is 45.2 Å². The second kappa shape index (κ2) is 8.16. The molecule has 0 aliphatic carbocycles. The maximum absolute atomic E-state index is 3.71. The average Bonchev–Trinajstić information content (AvgIpc) is 2.86. The Morgan fingerprint density at radius 3 is 2.86 bits per heavy atom. The summed E-state index contributed by atoms with van der Waals surface area (Å²) in [7, 11) is 4.42. The summed E-state index contributed by atoms with van der Waals surface area (Å²) in [6.45, 7) is 7.81. The first-order valence-electron chi connectivity index (χ1n) is 7.99. The molecule has 0 radical (unpaired) electrons. The molecule has 21 heavy (non-hydrogen) atoms. The number of anilines is 1. The van der Waals surface area contributed by atoms with Crippen molar-refractivity contribution in [3.63, 3.8) is 0 Å². The number of hydrogen-bond donors (Lipinski definition) is 1. The SMILES string of the molecule is CCCNCc1ccc(N(C)CC2CCN(C)C2)cc1Br. The average molecular weight is 354 g/mol. The van der Waals surface area contributed by atoms with Gasteiger partial charge in [-0.1, -0.05) is 28.9 Å². The van der Waals surface area contributed by atoms with Gasteiger partial charge in [0, 0.05) is 36.8 Å². The van der Waals surface area contributed by atoms with E-state index in [1.807, 2.05) is 0 Å². The number of likely N-dealkylation sites (tertiary alicyclic amines) is 1. The molecule has 1 aromatic rings. The second-order valence-corrected chi connectivity index (χ2v) is 7.10. The summed E-state index contributed by atoms with van der Waals surface area (Å²) in [5.41, 5.74) is 2.64. The molecule has 118 valence electrons. The lowest BCUT2D eigenvalue weighted by Gasteiger charge is -2.24. The van der Waals surface area contributed by atoms with Crippen molar-refractivity contribution in [2.24, 2.45) is 5.92 Å². The highest BCUT2D eigenvalue weighted by Gasteiger charge is 2.21. The van der Waals surface area contributed by atoms with E-state index in [1.165, 1.54) is 41.7 Å². The van der Waals surface area contributed by atoms with Gasteiger partial charge >= 0.3 is 0 Å². The van der Waals surface area contributed by atoms with Crippen LogP contribution in [0.3, 0.4) is 0 Å². The van der Waals surface area contributed by atoms with Crippen LogP contribution in [-0.4, -0.2) is 45.2 Å². The molecule has 1 heterocycles. The summed E-state index contributed by atoms with van der Waals surface area (Å²) in [5.74, 6) is 0.796. The fourth-order valence-electron chi connectivity index (χ4n) is 2.98. The molecule has 0 saturated carbocycles. The largest absolute Gasteiger partial charge is 0.374 e. The van der Waals surface area contributed by atoms with Gasteiger partial charge in [0.2, 0.25) is 0 Å². The zero-order valence-electron chi connectivity index (χ0n) is 13.5. The summed E-state index contributed by atoms with van der Waals surface area (Å²) in [4.78, 5) is 4.81. The minimum atomic E-state index is 0.796. The van der Waals surface area contributed by atoms with Gasteiger partial charge in [0.15, 0.2) is 0 Å². The van der Waals surface area contributed by atoms with E-state index in [4.69, 9.17) is 0 Å². The molecule has 0 bridgehead atoms. The number of nitrogens with zero attached hydrogens (tertiary/aromatic N) is 2. The molecule has 0 aromatic heterocycles. The molecule has 1 saturated heterocycles. The molecule has 0 amide bonds. The molecule has 1 unspecified atom stereocenters.